The summed E-state index contributed by atoms with van der Waals surface area (Å²) >= 11 is 0. The van der Waals surface area contributed by atoms with Gasteiger partial charge >= 0.3 is 5.97 Å². The fourth-order valence-corrected chi connectivity index (χ4v) is 4.14. The van der Waals surface area contributed by atoms with Crippen molar-refractivity contribution in [3.05, 3.63) is 0 Å². The topological polar surface area (TPSA) is 82.1 Å². The lowest BCUT2D eigenvalue weighted by Gasteiger charge is -2.32. The highest BCUT2D eigenvalue weighted by atomic mass is 32.2. The number of carbonyl (C=O) groups is 1. The van der Waals surface area contributed by atoms with Crippen molar-refractivity contribution in [2.75, 3.05) is 39.2 Å². The van der Waals surface area contributed by atoms with E-state index < -0.39 is 22.1 Å². The molecule has 2 fully saturated rings. The van der Waals surface area contributed by atoms with Gasteiger partial charge in [0.05, 0.1) is 38.1 Å². The van der Waals surface area contributed by atoms with Crippen LogP contribution in [0.3, 0.4) is 0 Å². The van der Waals surface area contributed by atoms with E-state index in [1.807, 2.05) is 0 Å². The Hall–Kier alpha value is -0.700. The van der Waals surface area contributed by atoms with E-state index in [0.29, 0.717) is 19.8 Å². The number of carbonyl (C=O) groups excluding carboxylic acids is 1. The third-order valence-electron chi connectivity index (χ3n) is 3.54. The summed E-state index contributed by atoms with van der Waals surface area (Å²) in [6.45, 7) is 1.46. The fourth-order valence-electron chi connectivity index (χ4n) is 2.45. The van der Waals surface area contributed by atoms with Gasteiger partial charge in [0.15, 0.2) is 0 Å². The van der Waals surface area contributed by atoms with Crippen LogP contribution < -0.4 is 0 Å². The summed E-state index contributed by atoms with van der Waals surface area (Å²) in [7, 11) is -2.06. The standard InChI is InChI=1S/C12H21NO6S/c1-17-12(14)7-11-8-13(4-6-19-11)20(15,16)9-10-3-2-5-18-10/h10-11H,2-9H2,1H3. The molecule has 2 saturated heterocycles. The maximum Gasteiger partial charge on any atom is 0.308 e. The molecule has 2 rings (SSSR count). The Morgan fingerprint density at radius 3 is 2.70 bits per heavy atom. The second kappa shape index (κ2) is 6.84. The smallest absolute Gasteiger partial charge is 0.308 e. The summed E-state index contributed by atoms with van der Waals surface area (Å²) in [5, 5.41) is 0. The van der Waals surface area contributed by atoms with Gasteiger partial charge in [-0.1, -0.05) is 0 Å². The first-order valence-corrected chi connectivity index (χ1v) is 8.40. The molecule has 0 bridgehead atoms. The van der Waals surface area contributed by atoms with E-state index in [9.17, 15) is 13.2 Å². The Labute approximate surface area is 119 Å². The van der Waals surface area contributed by atoms with E-state index in [0.717, 1.165) is 12.8 Å². The van der Waals surface area contributed by atoms with Gasteiger partial charge in [-0.3, -0.25) is 4.79 Å². The van der Waals surface area contributed by atoms with Gasteiger partial charge in [-0.05, 0) is 12.8 Å². The van der Waals surface area contributed by atoms with Crippen LogP contribution in [0.15, 0.2) is 0 Å². The van der Waals surface area contributed by atoms with Crippen LogP contribution >= 0.6 is 0 Å². The maximum atomic E-state index is 12.3. The van der Waals surface area contributed by atoms with Crippen LogP contribution in [0.2, 0.25) is 0 Å². The van der Waals surface area contributed by atoms with Crippen LogP contribution in [0.25, 0.3) is 0 Å². The molecule has 7 nitrogen and oxygen atoms in total. The number of ether oxygens (including phenoxy) is 3. The van der Waals surface area contributed by atoms with Gasteiger partial charge in [0, 0.05) is 19.7 Å². The molecule has 2 atom stereocenters. The number of morpholine rings is 1. The molecule has 2 aliphatic rings. The summed E-state index contributed by atoms with van der Waals surface area (Å²) in [5.41, 5.74) is 0. The summed E-state index contributed by atoms with van der Waals surface area (Å²) in [6, 6.07) is 0. The molecule has 0 radical (unpaired) electrons. The molecule has 2 unspecified atom stereocenters. The number of sulfonamides is 1. The normalized spacial score (nSPS) is 28.4. The van der Waals surface area contributed by atoms with Gasteiger partial charge in [-0.2, -0.15) is 4.31 Å². The highest BCUT2D eigenvalue weighted by Gasteiger charge is 2.33. The van der Waals surface area contributed by atoms with Crippen molar-refractivity contribution in [2.45, 2.75) is 31.5 Å². The Balaban J connectivity index is 1.91. The molecule has 0 aromatic heterocycles. The molecule has 20 heavy (non-hydrogen) atoms. The quantitative estimate of drug-likeness (QED) is 0.652. The number of hydrogen-bond donors (Lipinski definition) is 0. The van der Waals surface area contributed by atoms with Crippen molar-refractivity contribution in [3.63, 3.8) is 0 Å². The Morgan fingerprint density at radius 2 is 2.05 bits per heavy atom. The van der Waals surface area contributed by atoms with E-state index in [1.54, 1.807) is 0 Å². The predicted octanol–water partition coefficient (Wildman–Crippen LogP) is -0.241. The maximum absolute atomic E-state index is 12.3. The molecule has 0 amide bonds. The van der Waals surface area contributed by atoms with Crippen LogP contribution in [-0.2, 0) is 29.0 Å². The van der Waals surface area contributed by atoms with Gasteiger partial charge in [-0.25, -0.2) is 8.42 Å². The first-order chi connectivity index (χ1) is 9.51. The molecule has 0 spiro atoms. The zero-order valence-corrected chi connectivity index (χ0v) is 12.4. The van der Waals surface area contributed by atoms with Crippen LogP contribution in [0.5, 0.6) is 0 Å². The molecular weight excluding hydrogens is 286 g/mol. The monoisotopic (exact) mass is 307 g/mol. The molecule has 0 aromatic carbocycles. The largest absolute Gasteiger partial charge is 0.469 e. The second-order valence-corrected chi connectivity index (χ2v) is 7.06. The van der Waals surface area contributed by atoms with Crippen molar-refractivity contribution in [1.29, 1.82) is 0 Å². The highest BCUT2D eigenvalue weighted by molar-refractivity contribution is 7.89. The fraction of sp³-hybridized carbons (Fsp3) is 0.917. The van der Waals surface area contributed by atoms with Crippen LogP contribution in [0.4, 0.5) is 0 Å². The summed E-state index contributed by atoms with van der Waals surface area (Å²) in [6.07, 6.45) is 1.13. The molecule has 2 aliphatic heterocycles. The molecule has 2 heterocycles. The predicted molar refractivity (Wildman–Crippen MR) is 70.7 cm³/mol. The Kier molecular flexibility index (Phi) is 5.36. The van der Waals surface area contributed by atoms with Gasteiger partial charge in [0.2, 0.25) is 10.0 Å². The van der Waals surface area contributed by atoms with Crippen LogP contribution in [0.1, 0.15) is 19.3 Å². The van der Waals surface area contributed by atoms with Gasteiger partial charge in [0.25, 0.3) is 0 Å². The number of methoxy groups -OCH3 is 1. The molecule has 116 valence electrons. The van der Waals surface area contributed by atoms with Gasteiger partial charge in [0.1, 0.15) is 0 Å². The summed E-state index contributed by atoms with van der Waals surface area (Å²) in [5.74, 6) is -0.383. The lowest BCUT2D eigenvalue weighted by atomic mass is 10.2. The van der Waals surface area contributed by atoms with Crippen molar-refractivity contribution in [1.82, 2.24) is 4.31 Å². The lowest BCUT2D eigenvalue weighted by Crippen LogP contribution is -2.48. The molecule has 0 aromatic rings. The lowest BCUT2D eigenvalue weighted by molar-refractivity contribution is -0.145. The zero-order valence-electron chi connectivity index (χ0n) is 11.6. The highest BCUT2D eigenvalue weighted by Crippen LogP contribution is 2.19. The van der Waals surface area contributed by atoms with Crippen molar-refractivity contribution in [3.8, 4) is 0 Å². The number of hydrogen-bond acceptors (Lipinski definition) is 6. The molecule has 0 aliphatic carbocycles. The summed E-state index contributed by atoms with van der Waals surface area (Å²) in [4.78, 5) is 11.2. The molecule has 0 N–H and O–H groups in total. The van der Waals surface area contributed by atoms with Gasteiger partial charge in [-0.15, -0.1) is 0 Å². The first-order valence-electron chi connectivity index (χ1n) is 6.79. The number of esters is 1. The minimum atomic E-state index is -3.37. The molecular formula is C12H21NO6S. The van der Waals surface area contributed by atoms with Crippen LogP contribution in [-0.4, -0.2) is 70.1 Å². The Bertz CT molecular complexity index is 431. The van der Waals surface area contributed by atoms with E-state index in [1.165, 1.54) is 11.4 Å². The van der Waals surface area contributed by atoms with Gasteiger partial charge < -0.3 is 14.2 Å². The van der Waals surface area contributed by atoms with Crippen LogP contribution in [0, 0.1) is 0 Å². The van der Waals surface area contributed by atoms with E-state index in [4.69, 9.17) is 9.47 Å². The zero-order chi connectivity index (χ0) is 14.6. The van der Waals surface area contributed by atoms with E-state index in [2.05, 4.69) is 4.74 Å². The average Bonchev–Trinajstić information content (AvgIpc) is 2.91. The third-order valence-corrected chi connectivity index (χ3v) is 5.45. The van der Waals surface area contributed by atoms with Crippen molar-refractivity contribution >= 4 is 16.0 Å². The van der Waals surface area contributed by atoms with Crippen molar-refractivity contribution < 1.29 is 27.4 Å². The van der Waals surface area contributed by atoms with Crippen molar-refractivity contribution in [2.24, 2.45) is 0 Å². The minimum absolute atomic E-state index is 0.0118. The number of nitrogens with zero attached hydrogens (tertiary/aromatic N) is 1. The first kappa shape index (κ1) is 15.7. The molecule has 8 heteroatoms. The SMILES string of the molecule is COC(=O)CC1CN(S(=O)(=O)CC2CCCO2)CCO1. The molecule has 0 saturated carbocycles. The van der Waals surface area contributed by atoms with E-state index >= 15 is 0 Å². The average molecular weight is 307 g/mol. The third kappa shape index (κ3) is 4.15. The minimum Gasteiger partial charge on any atom is -0.469 e. The summed E-state index contributed by atoms with van der Waals surface area (Å²) < 4.78 is 41.4. The Morgan fingerprint density at radius 1 is 1.30 bits per heavy atom. The number of rotatable bonds is 5. The van der Waals surface area contributed by atoms with E-state index in [-0.39, 0.29) is 24.8 Å². The second-order valence-electron chi connectivity index (χ2n) is 5.04.